The molecule has 2 aromatic carbocycles. The molecular weight excluding hydrogens is 383 g/mol. The van der Waals surface area contributed by atoms with E-state index in [-0.39, 0.29) is 11.1 Å². The zero-order valence-corrected chi connectivity index (χ0v) is 16.2. The number of benzene rings is 2. The van der Waals surface area contributed by atoms with Gasteiger partial charge in [0.05, 0.1) is 34.7 Å². The molecule has 0 spiro atoms. The largest absolute Gasteiger partial charge is 0.344 e. The van der Waals surface area contributed by atoms with Crippen molar-refractivity contribution >= 4 is 28.0 Å². The minimum atomic E-state index is -0.808. The fourth-order valence-electron chi connectivity index (χ4n) is 4.48. The SMILES string of the molecule is N#CNC(=O)c1c(F)cc(-c2ccc3c(c2)ncn3C2CCCCC2)c2nc[nH]c12. The summed E-state index contributed by atoms with van der Waals surface area (Å²) in [6.45, 7) is 0. The van der Waals surface area contributed by atoms with E-state index in [0.29, 0.717) is 17.1 Å². The van der Waals surface area contributed by atoms with Crippen LogP contribution in [0.1, 0.15) is 48.5 Å². The van der Waals surface area contributed by atoms with Gasteiger partial charge in [-0.25, -0.2) is 14.4 Å². The predicted octanol–water partition coefficient (Wildman–Crippen LogP) is 4.43. The van der Waals surface area contributed by atoms with Crippen LogP contribution < -0.4 is 5.32 Å². The molecule has 7 nitrogen and oxygen atoms in total. The molecule has 4 aromatic rings. The second-order valence-electron chi connectivity index (χ2n) is 7.62. The molecule has 150 valence electrons. The molecule has 2 N–H and O–H groups in total. The van der Waals surface area contributed by atoms with Crippen LogP contribution in [0.15, 0.2) is 36.9 Å². The van der Waals surface area contributed by atoms with Gasteiger partial charge in [0.2, 0.25) is 0 Å². The number of nitrogens with zero attached hydrogens (tertiary/aromatic N) is 4. The molecule has 2 aromatic heterocycles. The third-order valence-electron chi connectivity index (χ3n) is 5.90. The summed E-state index contributed by atoms with van der Waals surface area (Å²) in [7, 11) is 0. The van der Waals surface area contributed by atoms with Gasteiger partial charge >= 0.3 is 0 Å². The summed E-state index contributed by atoms with van der Waals surface area (Å²) in [6.07, 6.45) is 10.9. The summed E-state index contributed by atoms with van der Waals surface area (Å²) in [4.78, 5) is 23.8. The Bertz CT molecular complexity index is 1310. The number of amides is 1. The molecule has 1 amide bonds. The average molecular weight is 402 g/mol. The van der Waals surface area contributed by atoms with Crippen LogP contribution in [0.5, 0.6) is 0 Å². The number of carbonyl (C=O) groups is 1. The highest BCUT2D eigenvalue weighted by molar-refractivity contribution is 6.09. The van der Waals surface area contributed by atoms with Gasteiger partial charge in [-0.15, -0.1) is 0 Å². The highest BCUT2D eigenvalue weighted by atomic mass is 19.1. The van der Waals surface area contributed by atoms with Crippen molar-refractivity contribution in [1.82, 2.24) is 24.8 Å². The fraction of sp³-hybridized carbons (Fsp3) is 0.273. The van der Waals surface area contributed by atoms with Crippen molar-refractivity contribution in [2.45, 2.75) is 38.1 Å². The first-order chi connectivity index (χ1) is 14.7. The van der Waals surface area contributed by atoms with Crippen molar-refractivity contribution in [3.05, 3.63) is 48.3 Å². The fourth-order valence-corrected chi connectivity index (χ4v) is 4.48. The van der Waals surface area contributed by atoms with Crippen LogP contribution in [-0.4, -0.2) is 25.4 Å². The number of nitrogens with one attached hydrogen (secondary N) is 2. The van der Waals surface area contributed by atoms with Crippen LogP contribution in [0.2, 0.25) is 0 Å². The molecular formula is C22H19FN6O. The number of aromatic amines is 1. The topological polar surface area (TPSA) is 99.4 Å². The van der Waals surface area contributed by atoms with Crippen molar-refractivity contribution < 1.29 is 9.18 Å². The summed E-state index contributed by atoms with van der Waals surface area (Å²) in [5, 5.41) is 10.7. The Kier molecular flexibility index (Phi) is 4.43. The van der Waals surface area contributed by atoms with Gasteiger partial charge in [0.1, 0.15) is 11.4 Å². The molecule has 1 saturated carbocycles. The number of hydrogen-bond donors (Lipinski definition) is 2. The van der Waals surface area contributed by atoms with E-state index in [1.807, 2.05) is 29.8 Å². The molecule has 2 heterocycles. The Hall–Kier alpha value is -3.73. The molecule has 1 aliphatic rings. The molecule has 5 rings (SSSR count). The summed E-state index contributed by atoms with van der Waals surface area (Å²) in [5.74, 6) is -1.53. The zero-order chi connectivity index (χ0) is 20.7. The lowest BCUT2D eigenvalue weighted by molar-refractivity contribution is 0.0970. The predicted molar refractivity (Wildman–Crippen MR) is 110 cm³/mol. The molecule has 8 heteroatoms. The van der Waals surface area contributed by atoms with Crippen molar-refractivity contribution in [2.75, 3.05) is 0 Å². The molecule has 0 atom stereocenters. The number of halogens is 1. The van der Waals surface area contributed by atoms with Crippen LogP contribution >= 0.6 is 0 Å². The van der Waals surface area contributed by atoms with Gasteiger partial charge in [0, 0.05) is 11.6 Å². The van der Waals surface area contributed by atoms with Gasteiger partial charge in [0.25, 0.3) is 5.91 Å². The van der Waals surface area contributed by atoms with Gasteiger partial charge < -0.3 is 9.55 Å². The number of carbonyl (C=O) groups excluding carboxylic acids is 1. The number of fused-ring (bicyclic) bond motifs is 2. The molecule has 0 aliphatic heterocycles. The van der Waals surface area contributed by atoms with Gasteiger partial charge in [0.15, 0.2) is 6.19 Å². The summed E-state index contributed by atoms with van der Waals surface area (Å²) >= 11 is 0. The highest BCUT2D eigenvalue weighted by Gasteiger charge is 2.22. The van der Waals surface area contributed by atoms with Crippen molar-refractivity contribution in [1.29, 1.82) is 5.26 Å². The van der Waals surface area contributed by atoms with E-state index in [1.54, 1.807) is 0 Å². The van der Waals surface area contributed by atoms with E-state index in [4.69, 9.17) is 5.26 Å². The number of nitriles is 1. The Morgan fingerprint density at radius 1 is 1.23 bits per heavy atom. The van der Waals surface area contributed by atoms with E-state index < -0.39 is 11.7 Å². The van der Waals surface area contributed by atoms with Gasteiger partial charge in [-0.2, -0.15) is 5.26 Å². The maximum absolute atomic E-state index is 14.8. The Morgan fingerprint density at radius 3 is 2.87 bits per heavy atom. The van der Waals surface area contributed by atoms with E-state index in [1.165, 1.54) is 50.7 Å². The van der Waals surface area contributed by atoms with Gasteiger partial charge in [-0.05, 0) is 36.6 Å². The van der Waals surface area contributed by atoms with E-state index >= 15 is 0 Å². The summed E-state index contributed by atoms with van der Waals surface area (Å²) < 4.78 is 17.1. The Labute approximate surface area is 171 Å². The molecule has 0 saturated heterocycles. The van der Waals surface area contributed by atoms with E-state index in [9.17, 15) is 9.18 Å². The molecule has 1 aliphatic carbocycles. The number of hydrogen-bond acceptors (Lipinski definition) is 4. The second-order valence-corrected chi connectivity index (χ2v) is 7.62. The maximum atomic E-state index is 14.8. The lowest BCUT2D eigenvalue weighted by Gasteiger charge is -2.23. The summed E-state index contributed by atoms with van der Waals surface area (Å²) in [6, 6.07) is 7.63. The van der Waals surface area contributed by atoms with Crippen LogP contribution in [0.4, 0.5) is 4.39 Å². The zero-order valence-electron chi connectivity index (χ0n) is 16.2. The number of H-pyrrole nitrogens is 1. The van der Waals surface area contributed by atoms with E-state index in [2.05, 4.69) is 19.5 Å². The molecule has 0 unspecified atom stereocenters. The normalized spacial score (nSPS) is 14.8. The average Bonchev–Trinajstić information content (AvgIpc) is 3.40. The second kappa shape index (κ2) is 7.26. The van der Waals surface area contributed by atoms with Crippen molar-refractivity contribution in [2.24, 2.45) is 0 Å². The minimum Gasteiger partial charge on any atom is -0.344 e. The monoisotopic (exact) mass is 402 g/mol. The Morgan fingerprint density at radius 2 is 2.07 bits per heavy atom. The standard InChI is InChI=1S/C22H19FN6O/c23-16-9-15(20-21(27-11-26-20)19(16)22(30)25-10-24)13-6-7-18-17(8-13)28-12-29(18)14-4-2-1-3-5-14/h6-9,11-12,14H,1-5H2,(H,25,30)(H,26,27). The van der Waals surface area contributed by atoms with Crippen LogP contribution in [0, 0.1) is 17.3 Å². The third-order valence-corrected chi connectivity index (χ3v) is 5.90. The molecule has 30 heavy (non-hydrogen) atoms. The Balaban J connectivity index is 1.61. The van der Waals surface area contributed by atoms with Crippen molar-refractivity contribution in [3.63, 3.8) is 0 Å². The molecule has 0 radical (unpaired) electrons. The molecule has 1 fully saturated rings. The first-order valence-electron chi connectivity index (χ1n) is 9.99. The smallest absolute Gasteiger partial charge is 0.269 e. The maximum Gasteiger partial charge on any atom is 0.269 e. The lowest BCUT2D eigenvalue weighted by atomic mass is 9.95. The van der Waals surface area contributed by atoms with Gasteiger partial charge in [-0.1, -0.05) is 25.3 Å². The first kappa shape index (κ1) is 18.3. The lowest BCUT2D eigenvalue weighted by Crippen LogP contribution is -2.19. The van der Waals surface area contributed by atoms with E-state index in [0.717, 1.165) is 16.6 Å². The van der Waals surface area contributed by atoms with Crippen LogP contribution in [0.25, 0.3) is 33.2 Å². The summed E-state index contributed by atoms with van der Waals surface area (Å²) in [5.41, 5.74) is 3.72. The number of aromatic nitrogens is 4. The quantitative estimate of drug-likeness (QED) is 0.391. The highest BCUT2D eigenvalue weighted by Crippen LogP contribution is 2.34. The third kappa shape index (κ3) is 2.90. The minimum absolute atomic E-state index is 0.226. The van der Waals surface area contributed by atoms with Crippen LogP contribution in [-0.2, 0) is 0 Å². The van der Waals surface area contributed by atoms with Gasteiger partial charge in [-0.3, -0.25) is 10.1 Å². The molecule has 0 bridgehead atoms. The number of rotatable bonds is 3. The van der Waals surface area contributed by atoms with Crippen LogP contribution in [0.3, 0.4) is 0 Å². The first-order valence-corrected chi connectivity index (χ1v) is 9.99. The van der Waals surface area contributed by atoms with Crippen molar-refractivity contribution in [3.8, 4) is 17.3 Å². The number of imidazole rings is 2.